The number of hydrogen-bond donors (Lipinski definition) is 1. The average Bonchev–Trinajstić information content (AvgIpc) is 3.27. The Morgan fingerprint density at radius 1 is 1.23 bits per heavy atom. The van der Waals surface area contributed by atoms with E-state index in [9.17, 15) is 4.79 Å². The van der Waals surface area contributed by atoms with Gasteiger partial charge in [-0.05, 0) is 69.9 Å². The summed E-state index contributed by atoms with van der Waals surface area (Å²) in [6, 6.07) is 2.64. The number of pyridine rings is 1. The molecule has 3 aliphatic rings. The number of morpholine rings is 1. The quantitative estimate of drug-likeness (QED) is 0.756. The molecule has 2 aliphatic carbocycles. The summed E-state index contributed by atoms with van der Waals surface area (Å²) in [4.78, 5) is 21.2. The summed E-state index contributed by atoms with van der Waals surface area (Å²) in [7, 11) is 0. The van der Waals surface area contributed by atoms with Crippen LogP contribution in [0.25, 0.3) is 10.2 Å². The van der Waals surface area contributed by atoms with Crippen molar-refractivity contribution in [2.45, 2.75) is 89.1 Å². The first-order chi connectivity index (χ1) is 15.0. The number of amides is 1. The number of ether oxygens (including phenoxy) is 2. The highest BCUT2D eigenvalue weighted by atomic mass is 32.1. The minimum Gasteiger partial charge on any atom is -0.490 e. The Morgan fingerprint density at radius 2 is 1.97 bits per heavy atom. The lowest BCUT2D eigenvalue weighted by Gasteiger charge is -2.42. The lowest BCUT2D eigenvalue weighted by molar-refractivity contribution is -0.118. The molecule has 1 saturated carbocycles. The van der Waals surface area contributed by atoms with E-state index in [1.807, 2.05) is 12.3 Å². The molecular weight excluding hydrogens is 410 g/mol. The number of carbonyl (C=O) groups is 1. The first-order valence-electron chi connectivity index (χ1n) is 11.7. The van der Waals surface area contributed by atoms with Gasteiger partial charge in [0.05, 0.1) is 23.7 Å². The van der Waals surface area contributed by atoms with Gasteiger partial charge in [0.1, 0.15) is 10.6 Å². The van der Waals surface area contributed by atoms with E-state index in [4.69, 9.17) is 15.2 Å². The summed E-state index contributed by atoms with van der Waals surface area (Å²) in [5.41, 5.74) is 6.80. The van der Waals surface area contributed by atoms with Crippen LogP contribution in [0.2, 0.25) is 0 Å². The highest BCUT2D eigenvalue weighted by molar-refractivity contribution is 7.19. The monoisotopic (exact) mass is 443 g/mol. The van der Waals surface area contributed by atoms with Crippen LogP contribution >= 0.6 is 11.3 Å². The van der Waals surface area contributed by atoms with Crippen molar-refractivity contribution in [2.24, 2.45) is 5.73 Å². The first kappa shape index (κ1) is 21.2. The van der Waals surface area contributed by atoms with Gasteiger partial charge in [-0.3, -0.25) is 9.69 Å². The summed E-state index contributed by atoms with van der Waals surface area (Å²) in [5.74, 6) is 0.915. The maximum absolute atomic E-state index is 11.6. The third kappa shape index (κ3) is 4.32. The number of thiophene rings is 1. The van der Waals surface area contributed by atoms with E-state index in [1.165, 1.54) is 23.3 Å². The number of aryl methyl sites for hydroxylation is 1. The van der Waals surface area contributed by atoms with E-state index >= 15 is 0 Å². The molecule has 0 bridgehead atoms. The van der Waals surface area contributed by atoms with Crippen molar-refractivity contribution in [3.05, 3.63) is 22.7 Å². The molecular formula is C24H33N3O3S. The summed E-state index contributed by atoms with van der Waals surface area (Å²) < 4.78 is 12.5. The van der Waals surface area contributed by atoms with Crippen molar-refractivity contribution in [3.63, 3.8) is 0 Å². The predicted molar refractivity (Wildman–Crippen MR) is 123 cm³/mol. The fraction of sp³-hybridized carbons (Fsp3) is 0.667. The average molecular weight is 444 g/mol. The van der Waals surface area contributed by atoms with E-state index in [0.29, 0.717) is 24.7 Å². The molecule has 1 amide bonds. The molecule has 1 saturated heterocycles. The van der Waals surface area contributed by atoms with E-state index in [0.717, 1.165) is 54.7 Å². The highest BCUT2D eigenvalue weighted by Gasteiger charge is 2.33. The molecule has 3 heterocycles. The standard InChI is InChI=1S/C24H33N3O3S/c1-14-12-27(13-15(2)29-14)17-4-6-18(7-5-17)30-19-9-10-26-24-23(19)22-16(11-21(25)28)3-8-20(22)31-24/h9-10,14-18H,3-8,11-13H2,1-2H3,(H2,25,28)/t14-,15+,16-,17-,18-/m1/s1. The molecule has 5 rings (SSSR count). The van der Waals surface area contributed by atoms with Crippen LogP contribution in [0.3, 0.4) is 0 Å². The van der Waals surface area contributed by atoms with E-state index in [-0.39, 0.29) is 17.9 Å². The van der Waals surface area contributed by atoms with Crippen molar-refractivity contribution >= 4 is 27.5 Å². The normalized spacial score (nSPS) is 31.6. The van der Waals surface area contributed by atoms with E-state index < -0.39 is 0 Å². The van der Waals surface area contributed by atoms with Crippen LogP contribution in [-0.2, 0) is 16.0 Å². The Hall–Kier alpha value is -1.70. The van der Waals surface area contributed by atoms with Crippen molar-refractivity contribution in [1.29, 1.82) is 0 Å². The number of hydrogen-bond acceptors (Lipinski definition) is 6. The van der Waals surface area contributed by atoms with Gasteiger partial charge in [-0.25, -0.2) is 4.98 Å². The van der Waals surface area contributed by atoms with Gasteiger partial charge in [0, 0.05) is 36.6 Å². The molecule has 2 aromatic heterocycles. The van der Waals surface area contributed by atoms with Gasteiger partial charge in [0.15, 0.2) is 0 Å². The largest absolute Gasteiger partial charge is 0.490 e. The second kappa shape index (κ2) is 8.68. The summed E-state index contributed by atoms with van der Waals surface area (Å²) in [6.45, 7) is 6.43. The zero-order valence-corrected chi connectivity index (χ0v) is 19.3. The summed E-state index contributed by atoms with van der Waals surface area (Å²) in [6.07, 6.45) is 9.64. The van der Waals surface area contributed by atoms with Crippen LogP contribution in [-0.4, -0.2) is 53.2 Å². The Labute approximate surface area is 188 Å². The number of fused-ring (bicyclic) bond motifs is 3. The smallest absolute Gasteiger partial charge is 0.218 e. The maximum atomic E-state index is 11.6. The molecule has 168 valence electrons. The molecule has 0 unspecified atom stereocenters. The minimum atomic E-state index is -0.228. The lowest BCUT2D eigenvalue weighted by Crippen LogP contribution is -2.51. The summed E-state index contributed by atoms with van der Waals surface area (Å²) >= 11 is 1.75. The van der Waals surface area contributed by atoms with Gasteiger partial charge in [-0.15, -0.1) is 11.3 Å². The van der Waals surface area contributed by atoms with Crippen LogP contribution < -0.4 is 10.5 Å². The fourth-order valence-corrected chi connectivity index (χ4v) is 7.16. The highest BCUT2D eigenvalue weighted by Crippen LogP contribution is 2.48. The second-order valence-corrected chi connectivity index (χ2v) is 10.7. The predicted octanol–water partition coefficient (Wildman–Crippen LogP) is 4.00. The fourth-order valence-electron chi connectivity index (χ4n) is 5.90. The third-order valence-corrected chi connectivity index (χ3v) is 8.32. The van der Waals surface area contributed by atoms with Crippen LogP contribution in [0.15, 0.2) is 12.3 Å². The second-order valence-electron chi connectivity index (χ2n) is 9.59. The zero-order valence-electron chi connectivity index (χ0n) is 18.5. The molecule has 31 heavy (non-hydrogen) atoms. The molecule has 0 spiro atoms. The van der Waals surface area contributed by atoms with Gasteiger partial charge >= 0.3 is 0 Å². The van der Waals surface area contributed by atoms with Crippen molar-refractivity contribution in [3.8, 4) is 5.75 Å². The minimum absolute atomic E-state index is 0.203. The molecule has 1 aliphatic heterocycles. The van der Waals surface area contributed by atoms with Crippen LogP contribution in [0, 0.1) is 0 Å². The number of aromatic nitrogens is 1. The molecule has 7 heteroatoms. The van der Waals surface area contributed by atoms with E-state index in [1.54, 1.807) is 11.3 Å². The Morgan fingerprint density at radius 3 is 2.68 bits per heavy atom. The van der Waals surface area contributed by atoms with Crippen molar-refractivity contribution < 1.29 is 14.3 Å². The molecule has 2 aromatic rings. The number of nitrogens with zero attached hydrogens (tertiary/aromatic N) is 2. The Kier molecular flexibility index (Phi) is 5.92. The first-order valence-corrected chi connectivity index (χ1v) is 12.5. The molecule has 6 nitrogen and oxygen atoms in total. The zero-order chi connectivity index (χ0) is 21.5. The van der Waals surface area contributed by atoms with E-state index in [2.05, 4.69) is 23.7 Å². The summed E-state index contributed by atoms with van der Waals surface area (Å²) in [5, 5.41) is 1.13. The number of primary amides is 1. The van der Waals surface area contributed by atoms with Gasteiger partial charge < -0.3 is 15.2 Å². The van der Waals surface area contributed by atoms with Gasteiger partial charge in [-0.1, -0.05) is 0 Å². The number of rotatable bonds is 5. The number of nitrogens with two attached hydrogens (primary N) is 1. The Balaban J connectivity index is 1.29. The van der Waals surface area contributed by atoms with Crippen molar-refractivity contribution in [2.75, 3.05) is 13.1 Å². The molecule has 2 fully saturated rings. The van der Waals surface area contributed by atoms with Crippen molar-refractivity contribution in [1.82, 2.24) is 9.88 Å². The molecule has 0 radical (unpaired) electrons. The van der Waals surface area contributed by atoms with Crippen LogP contribution in [0.4, 0.5) is 0 Å². The topological polar surface area (TPSA) is 77.7 Å². The number of carbonyl (C=O) groups excluding carboxylic acids is 1. The van der Waals surface area contributed by atoms with Gasteiger partial charge in [0.2, 0.25) is 5.91 Å². The SMILES string of the molecule is C[C@@H]1CN([C@H]2CC[C@H](Oc3ccnc4sc5c(c34)[C@@H](CC(N)=O)CC5)CC2)C[C@H](C)O1. The van der Waals surface area contributed by atoms with Crippen LogP contribution in [0.1, 0.15) is 68.7 Å². The molecule has 2 N–H and O–H groups in total. The van der Waals surface area contributed by atoms with Gasteiger partial charge in [-0.2, -0.15) is 0 Å². The molecule has 0 aromatic carbocycles. The maximum Gasteiger partial charge on any atom is 0.218 e. The van der Waals surface area contributed by atoms with Crippen LogP contribution in [0.5, 0.6) is 5.75 Å². The van der Waals surface area contributed by atoms with Gasteiger partial charge in [0.25, 0.3) is 0 Å². The third-order valence-electron chi connectivity index (χ3n) is 7.14. The Bertz CT molecular complexity index is 943. The lowest BCUT2D eigenvalue weighted by atomic mass is 9.91. The molecule has 3 atom stereocenters.